The number of nitrogens with zero attached hydrogens (tertiary/aromatic N) is 2. The van der Waals surface area contributed by atoms with Crippen LogP contribution in [0, 0.1) is 11.8 Å². The zero-order valence-electron chi connectivity index (χ0n) is 12.9. The molecule has 0 radical (unpaired) electrons. The molecule has 0 aliphatic carbocycles. The Labute approximate surface area is 114 Å². The highest BCUT2D eigenvalue weighted by atomic mass is 15.2. The van der Waals surface area contributed by atoms with Crippen LogP contribution in [-0.2, 0) is 0 Å². The molecule has 1 aliphatic heterocycles. The van der Waals surface area contributed by atoms with Crippen molar-refractivity contribution in [2.24, 2.45) is 17.6 Å². The van der Waals surface area contributed by atoms with E-state index in [1.165, 1.54) is 45.4 Å². The van der Waals surface area contributed by atoms with Crippen LogP contribution >= 0.6 is 0 Å². The van der Waals surface area contributed by atoms with Crippen LogP contribution in [0.2, 0.25) is 0 Å². The Kier molecular flexibility index (Phi) is 7.20. The van der Waals surface area contributed by atoms with Gasteiger partial charge in [0.05, 0.1) is 0 Å². The van der Waals surface area contributed by atoms with E-state index in [2.05, 4.69) is 37.6 Å². The molecule has 1 aliphatic rings. The highest BCUT2D eigenvalue weighted by molar-refractivity contribution is 4.76. The summed E-state index contributed by atoms with van der Waals surface area (Å²) in [4.78, 5) is 5.12. The molecule has 2 atom stereocenters. The molecule has 0 aromatic heterocycles. The predicted octanol–water partition coefficient (Wildman–Crippen LogP) is 2.02. The lowest BCUT2D eigenvalue weighted by molar-refractivity contribution is 0.186. The van der Waals surface area contributed by atoms with Crippen molar-refractivity contribution >= 4 is 0 Å². The molecular weight excluding hydrogens is 222 g/mol. The summed E-state index contributed by atoms with van der Waals surface area (Å²) in [6, 6.07) is 0.690. The Balaban J connectivity index is 2.35. The number of rotatable bonds is 6. The molecule has 0 amide bonds. The normalized spacial score (nSPS) is 25.3. The van der Waals surface area contributed by atoms with Crippen LogP contribution in [0.4, 0.5) is 0 Å². The van der Waals surface area contributed by atoms with Crippen LogP contribution in [0.1, 0.15) is 40.0 Å². The predicted molar refractivity (Wildman–Crippen MR) is 79.8 cm³/mol. The average Bonchev–Trinajstić information content (AvgIpc) is 2.45. The van der Waals surface area contributed by atoms with Gasteiger partial charge in [-0.25, -0.2) is 0 Å². The average molecular weight is 255 g/mol. The molecule has 2 N–H and O–H groups in total. The summed E-state index contributed by atoms with van der Waals surface area (Å²) in [6.07, 6.45) is 3.85. The molecule has 1 saturated heterocycles. The van der Waals surface area contributed by atoms with Crippen LogP contribution in [0.15, 0.2) is 0 Å². The molecule has 3 heteroatoms. The Morgan fingerprint density at radius 2 is 2.00 bits per heavy atom. The summed E-state index contributed by atoms with van der Waals surface area (Å²) >= 11 is 0. The van der Waals surface area contributed by atoms with Crippen molar-refractivity contribution in [2.45, 2.75) is 46.1 Å². The van der Waals surface area contributed by atoms with E-state index in [4.69, 9.17) is 5.73 Å². The van der Waals surface area contributed by atoms with Gasteiger partial charge in [-0.1, -0.05) is 13.8 Å². The zero-order chi connectivity index (χ0) is 13.5. The molecule has 0 aromatic carbocycles. The first-order valence-corrected chi connectivity index (χ1v) is 7.65. The van der Waals surface area contributed by atoms with Crippen molar-refractivity contribution in [3.8, 4) is 0 Å². The standard InChI is InChI=1S/C15H33N3/c1-13(2)10-15(11-16)6-9-18-8-5-7-17(4)12-14(18)3/h13-15H,5-12,16H2,1-4H3. The minimum atomic E-state index is 0.690. The van der Waals surface area contributed by atoms with E-state index in [0.717, 1.165) is 12.5 Å². The van der Waals surface area contributed by atoms with E-state index in [1.807, 2.05) is 0 Å². The molecule has 0 spiro atoms. The third-order valence-corrected chi connectivity index (χ3v) is 4.15. The first kappa shape index (κ1) is 15.9. The van der Waals surface area contributed by atoms with Crippen LogP contribution in [-0.4, -0.2) is 55.6 Å². The third kappa shape index (κ3) is 5.68. The summed E-state index contributed by atoms with van der Waals surface area (Å²) in [7, 11) is 2.24. The Morgan fingerprint density at radius 3 is 2.61 bits per heavy atom. The Bertz CT molecular complexity index is 218. The Morgan fingerprint density at radius 1 is 1.28 bits per heavy atom. The van der Waals surface area contributed by atoms with Gasteiger partial charge in [-0.2, -0.15) is 0 Å². The minimum absolute atomic E-state index is 0.690. The highest BCUT2D eigenvalue weighted by Gasteiger charge is 2.20. The van der Waals surface area contributed by atoms with Gasteiger partial charge < -0.3 is 10.6 Å². The lowest BCUT2D eigenvalue weighted by Gasteiger charge is -2.29. The molecular formula is C15H33N3. The molecule has 0 aromatic rings. The largest absolute Gasteiger partial charge is 0.330 e. The van der Waals surface area contributed by atoms with Crippen molar-refractivity contribution in [1.29, 1.82) is 0 Å². The van der Waals surface area contributed by atoms with Gasteiger partial charge in [0.2, 0.25) is 0 Å². The second-order valence-corrected chi connectivity index (χ2v) is 6.52. The van der Waals surface area contributed by atoms with Crippen LogP contribution in [0.3, 0.4) is 0 Å². The molecule has 0 bridgehead atoms. The third-order valence-electron chi connectivity index (χ3n) is 4.15. The second kappa shape index (κ2) is 8.13. The van der Waals surface area contributed by atoms with Gasteiger partial charge in [0.25, 0.3) is 0 Å². The van der Waals surface area contributed by atoms with Gasteiger partial charge in [0, 0.05) is 12.6 Å². The van der Waals surface area contributed by atoms with Crippen molar-refractivity contribution in [3.63, 3.8) is 0 Å². The molecule has 0 saturated carbocycles. The van der Waals surface area contributed by atoms with E-state index in [9.17, 15) is 0 Å². The Hall–Kier alpha value is -0.120. The maximum absolute atomic E-state index is 5.90. The van der Waals surface area contributed by atoms with Crippen molar-refractivity contribution in [3.05, 3.63) is 0 Å². The lowest BCUT2D eigenvalue weighted by atomic mass is 9.94. The number of hydrogen-bond donors (Lipinski definition) is 1. The van der Waals surface area contributed by atoms with Gasteiger partial charge in [0.1, 0.15) is 0 Å². The maximum Gasteiger partial charge on any atom is 0.0194 e. The molecule has 2 unspecified atom stereocenters. The number of nitrogens with two attached hydrogens (primary N) is 1. The molecule has 3 nitrogen and oxygen atoms in total. The molecule has 1 heterocycles. The fourth-order valence-electron chi connectivity index (χ4n) is 3.10. The van der Waals surface area contributed by atoms with Crippen LogP contribution in [0.5, 0.6) is 0 Å². The van der Waals surface area contributed by atoms with Gasteiger partial charge in [0.15, 0.2) is 0 Å². The van der Waals surface area contributed by atoms with Crippen LogP contribution in [0.25, 0.3) is 0 Å². The first-order chi connectivity index (χ1) is 8.52. The summed E-state index contributed by atoms with van der Waals surface area (Å²) in [5.74, 6) is 1.48. The van der Waals surface area contributed by atoms with E-state index >= 15 is 0 Å². The smallest absolute Gasteiger partial charge is 0.0194 e. The molecule has 1 rings (SSSR count). The van der Waals surface area contributed by atoms with Gasteiger partial charge in [-0.15, -0.1) is 0 Å². The molecule has 18 heavy (non-hydrogen) atoms. The quantitative estimate of drug-likeness (QED) is 0.788. The first-order valence-electron chi connectivity index (χ1n) is 7.65. The maximum atomic E-state index is 5.90. The van der Waals surface area contributed by atoms with Gasteiger partial charge in [-0.05, 0) is 71.2 Å². The van der Waals surface area contributed by atoms with E-state index in [0.29, 0.717) is 12.0 Å². The van der Waals surface area contributed by atoms with E-state index in [1.54, 1.807) is 0 Å². The zero-order valence-corrected chi connectivity index (χ0v) is 12.9. The SMILES string of the molecule is CC(C)CC(CN)CCN1CCCN(C)CC1C. The van der Waals surface area contributed by atoms with Crippen molar-refractivity contribution in [2.75, 3.05) is 39.8 Å². The van der Waals surface area contributed by atoms with Crippen LogP contribution < -0.4 is 5.73 Å². The summed E-state index contributed by atoms with van der Waals surface area (Å²) < 4.78 is 0. The number of hydrogen-bond acceptors (Lipinski definition) is 3. The lowest BCUT2D eigenvalue weighted by Crippen LogP contribution is -2.39. The van der Waals surface area contributed by atoms with E-state index < -0.39 is 0 Å². The molecule has 1 fully saturated rings. The van der Waals surface area contributed by atoms with Gasteiger partial charge >= 0.3 is 0 Å². The summed E-state index contributed by atoms with van der Waals surface area (Å²) in [5.41, 5.74) is 5.90. The van der Waals surface area contributed by atoms with Crippen molar-refractivity contribution < 1.29 is 0 Å². The summed E-state index contributed by atoms with van der Waals surface area (Å²) in [5, 5.41) is 0. The van der Waals surface area contributed by atoms with E-state index in [-0.39, 0.29) is 0 Å². The van der Waals surface area contributed by atoms with Crippen molar-refractivity contribution in [1.82, 2.24) is 9.80 Å². The second-order valence-electron chi connectivity index (χ2n) is 6.52. The fourth-order valence-corrected chi connectivity index (χ4v) is 3.10. The monoisotopic (exact) mass is 255 g/mol. The summed E-state index contributed by atoms with van der Waals surface area (Å²) in [6.45, 7) is 12.7. The van der Waals surface area contributed by atoms with Gasteiger partial charge in [-0.3, -0.25) is 4.90 Å². The fraction of sp³-hybridized carbons (Fsp3) is 1.00. The topological polar surface area (TPSA) is 32.5 Å². The highest BCUT2D eigenvalue weighted by Crippen LogP contribution is 2.17. The minimum Gasteiger partial charge on any atom is -0.330 e. The molecule has 108 valence electrons. The number of likely N-dealkylation sites (N-methyl/N-ethyl adjacent to an activating group) is 1.